The SMILES string of the molecule is CCOc1cc2c(cc1/C=C1\C(=O)NC(=S)N(c3cccc(F)c3)C1=O)OCO2. The average molecular weight is 414 g/mol. The number of thiocarbonyl (C=S) groups is 1. The van der Waals surface area contributed by atoms with Crippen LogP contribution in [0.2, 0.25) is 0 Å². The van der Waals surface area contributed by atoms with Gasteiger partial charge in [0.1, 0.15) is 17.1 Å². The molecule has 148 valence electrons. The molecule has 2 aliphatic rings. The van der Waals surface area contributed by atoms with Crippen LogP contribution in [-0.2, 0) is 9.59 Å². The highest BCUT2D eigenvalue weighted by Gasteiger charge is 2.35. The molecular weight excluding hydrogens is 399 g/mol. The monoisotopic (exact) mass is 414 g/mol. The standard InChI is InChI=1S/C20H15FN2O5S/c1-2-26-15-9-17-16(27-10-28-17)7-11(15)6-14-18(24)22-20(29)23(19(14)25)13-5-3-4-12(21)8-13/h3-9H,2,10H2,1H3,(H,22,24,29)/b14-6+. The summed E-state index contributed by atoms with van der Waals surface area (Å²) in [5, 5.41) is 2.34. The molecule has 0 aromatic heterocycles. The van der Waals surface area contributed by atoms with E-state index in [1.807, 2.05) is 6.92 Å². The van der Waals surface area contributed by atoms with E-state index in [9.17, 15) is 14.0 Å². The van der Waals surface area contributed by atoms with Crippen LogP contribution in [0.4, 0.5) is 10.1 Å². The molecule has 2 aromatic rings. The molecule has 4 rings (SSSR count). The summed E-state index contributed by atoms with van der Waals surface area (Å²) in [5.74, 6) is -0.457. The van der Waals surface area contributed by atoms with Gasteiger partial charge in [-0.05, 0) is 49.5 Å². The van der Waals surface area contributed by atoms with Crippen molar-refractivity contribution in [3.8, 4) is 17.2 Å². The van der Waals surface area contributed by atoms with Crippen LogP contribution in [0.1, 0.15) is 12.5 Å². The number of benzene rings is 2. The summed E-state index contributed by atoms with van der Waals surface area (Å²) in [7, 11) is 0. The molecular formula is C20H15FN2O5S. The van der Waals surface area contributed by atoms with Gasteiger partial charge >= 0.3 is 0 Å². The fraction of sp³-hybridized carbons (Fsp3) is 0.150. The molecule has 0 aliphatic carbocycles. The summed E-state index contributed by atoms with van der Waals surface area (Å²) in [6, 6.07) is 8.64. The van der Waals surface area contributed by atoms with Crippen molar-refractivity contribution in [3.63, 3.8) is 0 Å². The lowest BCUT2D eigenvalue weighted by Crippen LogP contribution is -2.54. The quantitative estimate of drug-likeness (QED) is 0.471. The van der Waals surface area contributed by atoms with Gasteiger partial charge in [-0.2, -0.15) is 0 Å². The van der Waals surface area contributed by atoms with E-state index in [1.54, 1.807) is 12.1 Å². The van der Waals surface area contributed by atoms with Crippen LogP contribution in [0.5, 0.6) is 17.2 Å². The Labute approximate surface area is 170 Å². The van der Waals surface area contributed by atoms with Crippen molar-refractivity contribution in [2.75, 3.05) is 18.3 Å². The first kappa shape index (κ1) is 18.9. The summed E-state index contributed by atoms with van der Waals surface area (Å²) in [6.45, 7) is 2.25. The molecule has 7 nitrogen and oxygen atoms in total. The molecule has 0 unspecified atom stereocenters. The first-order valence-electron chi connectivity index (χ1n) is 8.71. The van der Waals surface area contributed by atoms with Gasteiger partial charge in [0.05, 0.1) is 12.3 Å². The summed E-state index contributed by atoms with van der Waals surface area (Å²) >= 11 is 5.12. The zero-order valence-electron chi connectivity index (χ0n) is 15.2. The Bertz CT molecular complexity index is 1070. The second-order valence-electron chi connectivity index (χ2n) is 6.11. The van der Waals surface area contributed by atoms with Gasteiger partial charge in [0.25, 0.3) is 11.8 Å². The van der Waals surface area contributed by atoms with Crippen molar-refractivity contribution in [3.05, 3.63) is 53.4 Å². The third kappa shape index (κ3) is 3.52. The fourth-order valence-electron chi connectivity index (χ4n) is 3.00. The first-order valence-corrected chi connectivity index (χ1v) is 9.12. The van der Waals surface area contributed by atoms with Gasteiger partial charge in [-0.15, -0.1) is 0 Å². The van der Waals surface area contributed by atoms with Crippen LogP contribution in [0.15, 0.2) is 42.0 Å². The molecule has 0 spiro atoms. The van der Waals surface area contributed by atoms with Crippen LogP contribution in [0.25, 0.3) is 6.08 Å². The number of halogens is 1. The summed E-state index contributed by atoms with van der Waals surface area (Å²) in [4.78, 5) is 26.6. The summed E-state index contributed by atoms with van der Waals surface area (Å²) < 4.78 is 30.0. The van der Waals surface area contributed by atoms with Crippen molar-refractivity contribution in [2.24, 2.45) is 0 Å². The Morgan fingerprint density at radius 1 is 1.24 bits per heavy atom. The maximum atomic E-state index is 13.6. The van der Waals surface area contributed by atoms with E-state index < -0.39 is 17.6 Å². The van der Waals surface area contributed by atoms with Crippen molar-refractivity contribution < 1.29 is 28.2 Å². The average Bonchev–Trinajstić information content (AvgIpc) is 3.12. The number of amides is 2. The highest BCUT2D eigenvalue weighted by Crippen LogP contribution is 2.39. The number of carbonyl (C=O) groups is 2. The highest BCUT2D eigenvalue weighted by atomic mass is 32.1. The Morgan fingerprint density at radius 2 is 2.00 bits per heavy atom. The van der Waals surface area contributed by atoms with Crippen molar-refractivity contribution in [2.45, 2.75) is 6.92 Å². The smallest absolute Gasteiger partial charge is 0.270 e. The van der Waals surface area contributed by atoms with Crippen LogP contribution < -0.4 is 24.4 Å². The van der Waals surface area contributed by atoms with Crippen molar-refractivity contribution in [1.29, 1.82) is 0 Å². The van der Waals surface area contributed by atoms with Gasteiger partial charge in [-0.25, -0.2) is 4.39 Å². The zero-order valence-corrected chi connectivity index (χ0v) is 16.0. The molecule has 1 N–H and O–H groups in total. The fourth-order valence-corrected chi connectivity index (χ4v) is 3.28. The van der Waals surface area contributed by atoms with E-state index in [2.05, 4.69) is 5.32 Å². The van der Waals surface area contributed by atoms with E-state index in [-0.39, 0.29) is 23.2 Å². The summed E-state index contributed by atoms with van der Waals surface area (Å²) in [6.07, 6.45) is 1.39. The zero-order chi connectivity index (χ0) is 20.5. The Kier molecular flexibility index (Phi) is 4.89. The molecule has 29 heavy (non-hydrogen) atoms. The van der Waals surface area contributed by atoms with Crippen molar-refractivity contribution in [1.82, 2.24) is 5.32 Å². The van der Waals surface area contributed by atoms with E-state index in [4.69, 9.17) is 26.4 Å². The van der Waals surface area contributed by atoms with Gasteiger partial charge in [0, 0.05) is 11.6 Å². The molecule has 2 heterocycles. The largest absolute Gasteiger partial charge is 0.493 e. The number of nitrogens with zero attached hydrogens (tertiary/aromatic N) is 1. The second kappa shape index (κ2) is 7.51. The third-order valence-corrected chi connectivity index (χ3v) is 4.56. The lowest BCUT2D eigenvalue weighted by atomic mass is 10.1. The normalized spacial score (nSPS) is 17.0. The van der Waals surface area contributed by atoms with Gasteiger partial charge in [-0.1, -0.05) is 6.07 Å². The van der Waals surface area contributed by atoms with Gasteiger partial charge in [0.2, 0.25) is 6.79 Å². The lowest BCUT2D eigenvalue weighted by molar-refractivity contribution is -0.122. The van der Waals surface area contributed by atoms with Crippen molar-refractivity contribution >= 4 is 40.9 Å². The van der Waals surface area contributed by atoms with Gasteiger partial charge in [0.15, 0.2) is 16.6 Å². The van der Waals surface area contributed by atoms with E-state index >= 15 is 0 Å². The molecule has 1 fully saturated rings. The Morgan fingerprint density at radius 3 is 2.72 bits per heavy atom. The highest BCUT2D eigenvalue weighted by molar-refractivity contribution is 7.80. The number of fused-ring (bicyclic) bond motifs is 1. The molecule has 0 radical (unpaired) electrons. The number of hydrogen-bond donors (Lipinski definition) is 1. The number of hydrogen-bond acceptors (Lipinski definition) is 6. The molecule has 0 atom stereocenters. The lowest BCUT2D eigenvalue weighted by Gasteiger charge is -2.29. The minimum Gasteiger partial charge on any atom is -0.493 e. The van der Waals surface area contributed by atoms with E-state index in [0.29, 0.717) is 29.4 Å². The minimum atomic E-state index is -0.676. The number of ether oxygens (including phenoxy) is 3. The number of rotatable bonds is 4. The van der Waals surface area contributed by atoms with E-state index in [0.717, 1.165) is 11.0 Å². The minimum absolute atomic E-state index is 0.0714. The van der Waals surface area contributed by atoms with Gasteiger partial charge < -0.3 is 14.2 Å². The second-order valence-corrected chi connectivity index (χ2v) is 6.50. The number of anilines is 1. The van der Waals surface area contributed by atoms with Crippen LogP contribution in [0.3, 0.4) is 0 Å². The maximum absolute atomic E-state index is 13.6. The third-order valence-electron chi connectivity index (χ3n) is 4.27. The molecule has 0 bridgehead atoms. The molecule has 1 saturated heterocycles. The Balaban J connectivity index is 1.77. The first-order chi connectivity index (χ1) is 14.0. The summed E-state index contributed by atoms with van der Waals surface area (Å²) in [5.41, 5.74) is 0.492. The molecule has 2 aliphatic heterocycles. The number of nitrogens with one attached hydrogen (secondary N) is 1. The molecule has 9 heteroatoms. The molecule has 0 saturated carbocycles. The number of carbonyl (C=O) groups excluding carboxylic acids is 2. The molecule has 2 amide bonds. The predicted molar refractivity (Wildman–Crippen MR) is 106 cm³/mol. The predicted octanol–water partition coefficient (Wildman–Crippen LogP) is 2.78. The van der Waals surface area contributed by atoms with Gasteiger partial charge in [-0.3, -0.25) is 19.8 Å². The van der Waals surface area contributed by atoms with Crippen LogP contribution >= 0.6 is 12.2 Å². The van der Waals surface area contributed by atoms with Crippen LogP contribution in [-0.4, -0.2) is 30.3 Å². The topological polar surface area (TPSA) is 77.1 Å². The molecule has 2 aromatic carbocycles. The Hall–Kier alpha value is -3.46. The maximum Gasteiger partial charge on any atom is 0.270 e. The van der Waals surface area contributed by atoms with E-state index in [1.165, 1.54) is 24.3 Å². The van der Waals surface area contributed by atoms with Crippen LogP contribution in [0, 0.1) is 5.82 Å².